The van der Waals surface area contributed by atoms with Crippen LogP contribution in [-0.2, 0) is 0 Å². The minimum Gasteiger partial charge on any atom is -0.487 e. The van der Waals surface area contributed by atoms with Crippen molar-refractivity contribution in [3.8, 4) is 16.9 Å². The molecule has 4 rings (SSSR count). The molecule has 3 atom stereocenters. The van der Waals surface area contributed by atoms with Gasteiger partial charge in [0, 0.05) is 5.92 Å². The average molecular weight is 276 g/mol. The molecule has 1 fully saturated rings. The molecular weight excluding hydrogens is 256 g/mol. The van der Waals surface area contributed by atoms with E-state index in [-0.39, 0.29) is 5.60 Å². The second kappa shape index (κ2) is 4.77. The lowest BCUT2D eigenvalue weighted by Crippen LogP contribution is -2.36. The van der Waals surface area contributed by atoms with E-state index in [4.69, 9.17) is 4.74 Å². The highest BCUT2D eigenvalue weighted by atomic mass is 16.5. The molecule has 0 N–H and O–H groups in total. The Kier molecular flexibility index (Phi) is 2.88. The third-order valence-electron chi connectivity index (χ3n) is 4.92. The number of allylic oxidation sites excluding steroid dienone is 1. The van der Waals surface area contributed by atoms with Gasteiger partial charge in [0.05, 0.1) is 0 Å². The van der Waals surface area contributed by atoms with E-state index < -0.39 is 0 Å². The molecule has 0 saturated heterocycles. The summed E-state index contributed by atoms with van der Waals surface area (Å²) >= 11 is 0. The monoisotopic (exact) mass is 276 g/mol. The molecule has 0 heterocycles. The Labute approximate surface area is 126 Å². The van der Waals surface area contributed by atoms with E-state index in [1.165, 1.54) is 17.5 Å². The van der Waals surface area contributed by atoms with Crippen LogP contribution in [0.15, 0.2) is 66.7 Å². The van der Waals surface area contributed by atoms with E-state index in [0.717, 1.165) is 18.1 Å². The number of benzene rings is 2. The molecule has 1 heteroatoms. The molecule has 3 unspecified atom stereocenters. The van der Waals surface area contributed by atoms with Gasteiger partial charge in [-0.3, -0.25) is 0 Å². The van der Waals surface area contributed by atoms with Crippen LogP contribution in [0.3, 0.4) is 0 Å². The first-order valence-electron chi connectivity index (χ1n) is 7.76. The average Bonchev–Trinajstić information content (AvgIpc) is 3.08. The summed E-state index contributed by atoms with van der Waals surface area (Å²) < 4.78 is 6.41. The first-order chi connectivity index (χ1) is 10.2. The summed E-state index contributed by atoms with van der Waals surface area (Å²) in [6, 6.07) is 18.9. The molecule has 0 aliphatic heterocycles. The van der Waals surface area contributed by atoms with Crippen molar-refractivity contribution in [3.63, 3.8) is 0 Å². The Morgan fingerprint density at radius 1 is 0.952 bits per heavy atom. The van der Waals surface area contributed by atoms with E-state index in [9.17, 15) is 0 Å². The van der Waals surface area contributed by atoms with Gasteiger partial charge in [0.25, 0.3) is 0 Å². The zero-order valence-electron chi connectivity index (χ0n) is 12.3. The van der Waals surface area contributed by atoms with Gasteiger partial charge in [-0.1, -0.05) is 54.6 Å². The quantitative estimate of drug-likeness (QED) is 0.710. The summed E-state index contributed by atoms with van der Waals surface area (Å²) in [5.41, 5.74) is 2.42. The predicted octanol–water partition coefficient (Wildman–Crippen LogP) is 5.09. The van der Waals surface area contributed by atoms with Crippen LogP contribution in [0, 0.1) is 11.8 Å². The van der Waals surface area contributed by atoms with Gasteiger partial charge in [0.15, 0.2) is 0 Å². The third kappa shape index (κ3) is 2.27. The minimum absolute atomic E-state index is 0.0330. The molecule has 1 saturated carbocycles. The van der Waals surface area contributed by atoms with Crippen LogP contribution in [-0.4, -0.2) is 5.60 Å². The molecule has 2 aliphatic rings. The molecule has 21 heavy (non-hydrogen) atoms. The maximum absolute atomic E-state index is 6.41. The highest BCUT2D eigenvalue weighted by Crippen LogP contribution is 2.48. The topological polar surface area (TPSA) is 9.23 Å². The van der Waals surface area contributed by atoms with Crippen LogP contribution in [0.2, 0.25) is 0 Å². The third-order valence-corrected chi connectivity index (χ3v) is 4.92. The fourth-order valence-corrected chi connectivity index (χ4v) is 3.81. The summed E-state index contributed by atoms with van der Waals surface area (Å²) in [5.74, 6) is 2.28. The van der Waals surface area contributed by atoms with Crippen molar-refractivity contribution < 1.29 is 4.74 Å². The van der Waals surface area contributed by atoms with Gasteiger partial charge >= 0.3 is 0 Å². The highest BCUT2D eigenvalue weighted by Gasteiger charge is 2.46. The molecule has 2 aromatic rings. The Morgan fingerprint density at radius 2 is 1.76 bits per heavy atom. The molecule has 106 valence electrons. The van der Waals surface area contributed by atoms with Gasteiger partial charge in [-0.15, -0.1) is 0 Å². The molecule has 2 bridgehead atoms. The van der Waals surface area contributed by atoms with E-state index in [2.05, 4.69) is 67.6 Å². The molecule has 0 amide bonds. The molecular formula is C20H20O. The fraction of sp³-hybridized carbons (Fsp3) is 0.300. The maximum atomic E-state index is 6.41. The van der Waals surface area contributed by atoms with E-state index in [1.807, 2.05) is 6.07 Å². The SMILES string of the molecule is CC1(Oc2cccc(-c3ccccc3)c2)CC2C=CC1C2. The van der Waals surface area contributed by atoms with Crippen LogP contribution in [0.5, 0.6) is 5.75 Å². The zero-order valence-corrected chi connectivity index (χ0v) is 12.3. The number of ether oxygens (including phenoxy) is 1. The lowest BCUT2D eigenvalue weighted by Gasteiger charge is -2.32. The Balaban J connectivity index is 1.61. The molecule has 0 aromatic heterocycles. The van der Waals surface area contributed by atoms with Crippen molar-refractivity contribution in [1.82, 2.24) is 0 Å². The number of rotatable bonds is 3. The minimum atomic E-state index is -0.0330. The summed E-state index contributed by atoms with van der Waals surface area (Å²) in [4.78, 5) is 0. The van der Waals surface area contributed by atoms with Crippen LogP contribution >= 0.6 is 0 Å². The summed E-state index contributed by atoms with van der Waals surface area (Å²) in [7, 11) is 0. The van der Waals surface area contributed by atoms with Crippen LogP contribution in [0.4, 0.5) is 0 Å². The predicted molar refractivity (Wildman–Crippen MR) is 86.3 cm³/mol. The van der Waals surface area contributed by atoms with Crippen LogP contribution < -0.4 is 4.74 Å². The number of hydrogen-bond donors (Lipinski definition) is 0. The van der Waals surface area contributed by atoms with Gasteiger partial charge < -0.3 is 4.74 Å². The standard InChI is InChI=1S/C20H20O/c1-20(14-15-10-11-18(20)12-15)21-19-9-5-8-17(13-19)16-6-3-2-4-7-16/h2-11,13,15,18H,12,14H2,1H3. The fourth-order valence-electron chi connectivity index (χ4n) is 3.81. The first-order valence-corrected chi connectivity index (χ1v) is 7.76. The summed E-state index contributed by atoms with van der Waals surface area (Å²) in [6.45, 7) is 2.26. The summed E-state index contributed by atoms with van der Waals surface area (Å²) in [5, 5.41) is 0. The second-order valence-electron chi connectivity index (χ2n) is 6.50. The van der Waals surface area contributed by atoms with Gasteiger partial charge in [-0.25, -0.2) is 0 Å². The Hall–Kier alpha value is -2.02. The van der Waals surface area contributed by atoms with Crippen molar-refractivity contribution in [1.29, 1.82) is 0 Å². The van der Waals surface area contributed by atoms with E-state index in [0.29, 0.717) is 5.92 Å². The zero-order chi connectivity index (χ0) is 14.3. The Bertz CT molecular complexity index is 673. The number of fused-ring (bicyclic) bond motifs is 2. The molecule has 0 spiro atoms. The number of hydrogen-bond acceptors (Lipinski definition) is 1. The van der Waals surface area contributed by atoms with Crippen molar-refractivity contribution in [2.45, 2.75) is 25.4 Å². The highest BCUT2D eigenvalue weighted by molar-refractivity contribution is 5.64. The van der Waals surface area contributed by atoms with Crippen molar-refractivity contribution in [2.75, 3.05) is 0 Å². The maximum Gasteiger partial charge on any atom is 0.120 e. The van der Waals surface area contributed by atoms with Gasteiger partial charge in [-0.2, -0.15) is 0 Å². The Morgan fingerprint density at radius 3 is 2.48 bits per heavy atom. The van der Waals surface area contributed by atoms with Crippen molar-refractivity contribution in [3.05, 3.63) is 66.7 Å². The lowest BCUT2D eigenvalue weighted by molar-refractivity contribution is 0.0623. The van der Waals surface area contributed by atoms with Gasteiger partial charge in [0.1, 0.15) is 11.4 Å². The lowest BCUT2D eigenvalue weighted by atomic mass is 9.90. The van der Waals surface area contributed by atoms with E-state index in [1.54, 1.807) is 0 Å². The summed E-state index contributed by atoms with van der Waals surface area (Å²) in [6.07, 6.45) is 7.10. The van der Waals surface area contributed by atoms with Crippen LogP contribution in [0.25, 0.3) is 11.1 Å². The molecule has 2 aliphatic carbocycles. The molecule has 0 radical (unpaired) electrons. The van der Waals surface area contributed by atoms with Crippen molar-refractivity contribution in [2.24, 2.45) is 11.8 Å². The second-order valence-corrected chi connectivity index (χ2v) is 6.50. The van der Waals surface area contributed by atoms with Crippen molar-refractivity contribution >= 4 is 0 Å². The first kappa shape index (κ1) is 12.7. The molecule has 1 nitrogen and oxygen atoms in total. The van der Waals surface area contributed by atoms with Gasteiger partial charge in [0.2, 0.25) is 0 Å². The van der Waals surface area contributed by atoms with Crippen LogP contribution in [0.1, 0.15) is 19.8 Å². The van der Waals surface area contributed by atoms with E-state index >= 15 is 0 Å². The smallest absolute Gasteiger partial charge is 0.120 e. The van der Waals surface area contributed by atoms with Gasteiger partial charge in [-0.05, 0) is 48.9 Å². The largest absolute Gasteiger partial charge is 0.487 e. The normalized spacial score (nSPS) is 29.8. The molecule has 2 aromatic carbocycles.